The Balaban J connectivity index is 2.28. The van der Waals surface area contributed by atoms with Crippen molar-refractivity contribution in [3.05, 3.63) is 16.1 Å². The number of ether oxygens (including phenoxy) is 1. The molecule has 1 N–H and O–H groups in total. The van der Waals surface area contributed by atoms with Gasteiger partial charge in [-0.1, -0.05) is 20.8 Å². The number of rotatable bonds is 2. The van der Waals surface area contributed by atoms with Gasteiger partial charge < -0.3 is 10.1 Å². The van der Waals surface area contributed by atoms with Gasteiger partial charge in [-0.05, 0) is 19.9 Å². The van der Waals surface area contributed by atoms with Crippen molar-refractivity contribution in [3.8, 4) is 0 Å². The van der Waals surface area contributed by atoms with E-state index in [4.69, 9.17) is 9.72 Å². The second kappa shape index (κ2) is 4.67. The highest BCUT2D eigenvalue weighted by Crippen LogP contribution is 2.35. The highest BCUT2D eigenvalue weighted by molar-refractivity contribution is 7.09. The van der Waals surface area contributed by atoms with Crippen molar-refractivity contribution < 1.29 is 4.74 Å². The van der Waals surface area contributed by atoms with Crippen molar-refractivity contribution in [3.63, 3.8) is 0 Å². The molecular weight excluding hydrogens is 232 g/mol. The van der Waals surface area contributed by atoms with E-state index in [1.54, 1.807) is 11.3 Å². The van der Waals surface area contributed by atoms with Crippen molar-refractivity contribution in [2.45, 2.75) is 44.6 Å². The van der Waals surface area contributed by atoms with Crippen LogP contribution >= 0.6 is 11.3 Å². The summed E-state index contributed by atoms with van der Waals surface area (Å²) in [6.07, 6.45) is 2.03. The molecule has 1 aliphatic rings. The topological polar surface area (TPSA) is 34.2 Å². The minimum atomic E-state index is 0.0341. The maximum Gasteiger partial charge on any atom is 0.113 e. The Bertz CT molecular complexity index is 375. The maximum absolute atomic E-state index is 5.46. The number of nitrogens with one attached hydrogen (secondary N) is 1. The Morgan fingerprint density at radius 1 is 1.35 bits per heavy atom. The lowest BCUT2D eigenvalue weighted by Gasteiger charge is -2.35. The monoisotopic (exact) mass is 254 g/mol. The second-order valence-electron chi connectivity index (χ2n) is 5.73. The first-order valence-corrected chi connectivity index (χ1v) is 7.09. The fourth-order valence-corrected chi connectivity index (χ4v) is 3.44. The van der Waals surface area contributed by atoms with E-state index in [9.17, 15) is 0 Å². The van der Waals surface area contributed by atoms with Crippen LogP contribution in [0.25, 0.3) is 0 Å². The van der Waals surface area contributed by atoms with Gasteiger partial charge in [-0.2, -0.15) is 0 Å². The molecule has 0 aromatic carbocycles. The molecule has 0 spiro atoms. The molecule has 1 saturated heterocycles. The minimum absolute atomic E-state index is 0.0341. The van der Waals surface area contributed by atoms with E-state index in [0.29, 0.717) is 0 Å². The van der Waals surface area contributed by atoms with Crippen LogP contribution in [0.4, 0.5) is 0 Å². The summed E-state index contributed by atoms with van der Waals surface area (Å²) in [4.78, 5) is 4.85. The summed E-state index contributed by atoms with van der Waals surface area (Å²) >= 11 is 1.78. The van der Waals surface area contributed by atoms with E-state index < -0.39 is 0 Å². The average molecular weight is 254 g/mol. The van der Waals surface area contributed by atoms with Crippen molar-refractivity contribution >= 4 is 11.3 Å². The standard InChI is InChI=1S/C13H22N2OS/c1-12(2,3)10-9-17-11(15-10)13(14-4)5-7-16-8-6-13/h9,14H,5-8H2,1-4H3. The lowest BCUT2D eigenvalue weighted by molar-refractivity contribution is 0.0396. The van der Waals surface area contributed by atoms with Gasteiger partial charge in [-0.3, -0.25) is 0 Å². The molecule has 0 amide bonds. The summed E-state index contributed by atoms with van der Waals surface area (Å²) < 4.78 is 5.46. The predicted molar refractivity (Wildman–Crippen MR) is 71.6 cm³/mol. The molecule has 1 fully saturated rings. The second-order valence-corrected chi connectivity index (χ2v) is 6.59. The molecule has 17 heavy (non-hydrogen) atoms. The van der Waals surface area contributed by atoms with Gasteiger partial charge in [0.25, 0.3) is 0 Å². The SMILES string of the molecule is CNC1(c2nc(C(C)(C)C)cs2)CCOCC1. The molecule has 3 nitrogen and oxygen atoms in total. The van der Waals surface area contributed by atoms with Gasteiger partial charge in [-0.15, -0.1) is 11.3 Å². The third-order valence-electron chi connectivity index (χ3n) is 3.51. The van der Waals surface area contributed by atoms with Gasteiger partial charge in [0, 0.05) is 24.0 Å². The summed E-state index contributed by atoms with van der Waals surface area (Å²) in [5.41, 5.74) is 1.36. The summed E-state index contributed by atoms with van der Waals surface area (Å²) in [6, 6.07) is 0. The Kier molecular flexibility index (Phi) is 3.57. The molecule has 1 aliphatic heterocycles. The van der Waals surface area contributed by atoms with Crippen LogP contribution < -0.4 is 5.32 Å². The van der Waals surface area contributed by atoms with Crippen LogP contribution in [0.15, 0.2) is 5.38 Å². The predicted octanol–water partition coefficient (Wildman–Crippen LogP) is 2.67. The molecule has 2 rings (SSSR count). The number of nitrogens with zero attached hydrogens (tertiary/aromatic N) is 1. The minimum Gasteiger partial charge on any atom is -0.381 e. The summed E-state index contributed by atoms with van der Waals surface area (Å²) in [5, 5.41) is 6.88. The Hall–Kier alpha value is -0.450. The van der Waals surface area contributed by atoms with Crippen molar-refractivity contribution in [2.75, 3.05) is 20.3 Å². The molecule has 1 aromatic rings. The lowest BCUT2D eigenvalue weighted by atomic mass is 9.90. The largest absolute Gasteiger partial charge is 0.381 e. The third kappa shape index (κ3) is 2.54. The average Bonchev–Trinajstić information content (AvgIpc) is 2.79. The molecule has 1 aromatic heterocycles. The van der Waals surface area contributed by atoms with Gasteiger partial charge in [0.15, 0.2) is 0 Å². The van der Waals surface area contributed by atoms with Crippen molar-refractivity contribution in [1.29, 1.82) is 0 Å². The van der Waals surface area contributed by atoms with Gasteiger partial charge in [0.05, 0.1) is 11.2 Å². The Morgan fingerprint density at radius 3 is 2.47 bits per heavy atom. The lowest BCUT2D eigenvalue weighted by Crippen LogP contribution is -2.44. The van der Waals surface area contributed by atoms with Crippen LogP contribution in [0, 0.1) is 0 Å². The van der Waals surface area contributed by atoms with E-state index in [1.165, 1.54) is 10.7 Å². The molecule has 0 saturated carbocycles. The quantitative estimate of drug-likeness (QED) is 0.881. The van der Waals surface area contributed by atoms with E-state index in [-0.39, 0.29) is 11.0 Å². The van der Waals surface area contributed by atoms with Crippen molar-refractivity contribution in [1.82, 2.24) is 10.3 Å². The van der Waals surface area contributed by atoms with Gasteiger partial charge in [-0.25, -0.2) is 4.98 Å². The van der Waals surface area contributed by atoms with Crippen molar-refractivity contribution in [2.24, 2.45) is 0 Å². The zero-order chi connectivity index (χ0) is 12.5. The molecule has 0 atom stereocenters. The summed E-state index contributed by atoms with van der Waals surface area (Å²) in [6.45, 7) is 8.28. The smallest absolute Gasteiger partial charge is 0.113 e. The highest BCUT2D eigenvalue weighted by atomic mass is 32.1. The van der Waals surface area contributed by atoms with Crippen LogP contribution in [0.2, 0.25) is 0 Å². The van der Waals surface area contributed by atoms with E-state index >= 15 is 0 Å². The zero-order valence-corrected chi connectivity index (χ0v) is 12.0. The molecule has 96 valence electrons. The van der Waals surface area contributed by atoms with Crippen LogP contribution in [0.3, 0.4) is 0 Å². The number of aromatic nitrogens is 1. The van der Waals surface area contributed by atoms with Gasteiger partial charge in [0.2, 0.25) is 0 Å². The fourth-order valence-electron chi connectivity index (χ4n) is 2.13. The first-order valence-electron chi connectivity index (χ1n) is 6.21. The Labute approximate surface area is 108 Å². The summed E-state index contributed by atoms with van der Waals surface area (Å²) in [7, 11) is 2.03. The number of hydrogen-bond donors (Lipinski definition) is 1. The molecule has 0 radical (unpaired) electrons. The van der Waals surface area contributed by atoms with Gasteiger partial charge in [0.1, 0.15) is 5.01 Å². The molecular formula is C13H22N2OS. The van der Waals surface area contributed by atoms with Crippen LogP contribution in [-0.4, -0.2) is 25.2 Å². The molecule has 0 aliphatic carbocycles. The normalized spacial score (nSPS) is 20.5. The van der Waals surface area contributed by atoms with Gasteiger partial charge >= 0.3 is 0 Å². The first-order chi connectivity index (χ1) is 7.98. The Morgan fingerprint density at radius 2 is 2.00 bits per heavy atom. The number of thiazole rings is 1. The molecule has 2 heterocycles. The number of hydrogen-bond acceptors (Lipinski definition) is 4. The zero-order valence-electron chi connectivity index (χ0n) is 11.2. The van der Waals surface area contributed by atoms with Crippen LogP contribution in [0.5, 0.6) is 0 Å². The molecule has 0 unspecified atom stereocenters. The van der Waals surface area contributed by atoms with E-state index in [0.717, 1.165) is 26.1 Å². The fraction of sp³-hybridized carbons (Fsp3) is 0.769. The van der Waals surface area contributed by atoms with Crippen LogP contribution in [0.1, 0.15) is 44.3 Å². The van der Waals surface area contributed by atoms with E-state index in [2.05, 4.69) is 31.5 Å². The molecule has 4 heteroatoms. The molecule has 0 bridgehead atoms. The maximum atomic E-state index is 5.46. The highest BCUT2D eigenvalue weighted by Gasteiger charge is 2.36. The first kappa shape index (κ1) is 13.0. The van der Waals surface area contributed by atoms with E-state index in [1.807, 2.05) is 7.05 Å². The third-order valence-corrected chi connectivity index (χ3v) is 4.55. The van der Waals surface area contributed by atoms with Crippen LogP contribution in [-0.2, 0) is 15.7 Å². The summed E-state index contributed by atoms with van der Waals surface area (Å²) in [5.74, 6) is 0.